The second-order valence-corrected chi connectivity index (χ2v) is 3.62. The summed E-state index contributed by atoms with van der Waals surface area (Å²) < 4.78 is 5.98. The molecular formula is C8H6BrNO2. The van der Waals surface area contributed by atoms with Gasteiger partial charge in [0.05, 0.1) is 0 Å². The van der Waals surface area contributed by atoms with E-state index in [-0.39, 0.29) is 5.54 Å². The molecule has 0 N–H and O–H groups in total. The predicted molar refractivity (Wildman–Crippen MR) is 45.4 cm³/mol. The predicted octanol–water partition coefficient (Wildman–Crippen LogP) is 2.37. The molecule has 2 rings (SSSR count). The summed E-state index contributed by atoms with van der Waals surface area (Å²) >= 11 is 3.20. The molecule has 3 nitrogen and oxygen atoms in total. The van der Waals surface area contributed by atoms with Crippen molar-refractivity contribution in [1.82, 2.24) is 0 Å². The van der Waals surface area contributed by atoms with Crippen LogP contribution >= 0.6 is 15.9 Å². The molecule has 0 bridgehead atoms. The molecule has 0 aliphatic heterocycles. The lowest BCUT2D eigenvalue weighted by molar-refractivity contribution is 0.439. The summed E-state index contributed by atoms with van der Waals surface area (Å²) in [6.07, 6.45) is 3.33. The van der Waals surface area contributed by atoms with Crippen molar-refractivity contribution < 1.29 is 9.21 Å². The molecule has 12 heavy (non-hydrogen) atoms. The van der Waals surface area contributed by atoms with Crippen LogP contribution in [0.5, 0.6) is 0 Å². The third-order valence-electron chi connectivity index (χ3n) is 2.02. The Balaban J connectivity index is 2.36. The van der Waals surface area contributed by atoms with Gasteiger partial charge in [0.25, 0.3) is 0 Å². The first-order valence-corrected chi connectivity index (χ1v) is 4.41. The first-order chi connectivity index (χ1) is 5.77. The van der Waals surface area contributed by atoms with Gasteiger partial charge < -0.3 is 4.42 Å². The lowest BCUT2D eigenvalue weighted by Gasteiger charge is -2.00. The smallest absolute Gasteiger partial charge is 0.235 e. The van der Waals surface area contributed by atoms with Crippen LogP contribution in [0.15, 0.2) is 26.2 Å². The van der Waals surface area contributed by atoms with Gasteiger partial charge in [-0.3, -0.25) is 0 Å². The Hall–Kier alpha value is -0.860. The van der Waals surface area contributed by atoms with Crippen LogP contribution in [-0.4, -0.2) is 6.08 Å². The normalized spacial score (nSPS) is 18.4. The maximum Gasteiger partial charge on any atom is 0.235 e. The number of rotatable bonds is 2. The van der Waals surface area contributed by atoms with Gasteiger partial charge in [-0.25, -0.2) is 4.79 Å². The van der Waals surface area contributed by atoms with Gasteiger partial charge in [0.1, 0.15) is 11.3 Å². The van der Waals surface area contributed by atoms with Crippen LogP contribution in [-0.2, 0) is 10.3 Å². The molecule has 4 heteroatoms. The molecule has 0 amide bonds. The minimum Gasteiger partial charge on any atom is -0.452 e. The van der Waals surface area contributed by atoms with E-state index in [0.717, 1.165) is 18.6 Å². The fourth-order valence-corrected chi connectivity index (χ4v) is 1.49. The summed E-state index contributed by atoms with van der Waals surface area (Å²) in [5, 5.41) is 0. The van der Waals surface area contributed by atoms with Gasteiger partial charge in [-0.15, -0.1) is 0 Å². The zero-order valence-electron chi connectivity index (χ0n) is 6.21. The first-order valence-electron chi connectivity index (χ1n) is 3.62. The van der Waals surface area contributed by atoms with Crippen molar-refractivity contribution in [3.8, 4) is 0 Å². The summed E-state index contributed by atoms with van der Waals surface area (Å²) in [6.45, 7) is 0. The van der Waals surface area contributed by atoms with Gasteiger partial charge in [0.2, 0.25) is 6.08 Å². The molecule has 1 aliphatic rings. The maximum atomic E-state index is 10.1. The number of isocyanates is 1. The second-order valence-electron chi connectivity index (χ2n) is 2.84. The standard InChI is InChI=1S/C8H6BrNO2/c9-7-2-1-6(12-7)8(3-4-8)10-5-11/h1-2H,3-4H2. The van der Waals surface area contributed by atoms with Gasteiger partial charge in [-0.05, 0) is 40.9 Å². The van der Waals surface area contributed by atoms with Crippen molar-refractivity contribution in [3.05, 3.63) is 22.6 Å². The Morgan fingerprint density at radius 2 is 2.33 bits per heavy atom. The number of halogens is 1. The molecule has 0 unspecified atom stereocenters. The molecule has 1 saturated carbocycles. The Morgan fingerprint density at radius 1 is 1.58 bits per heavy atom. The zero-order chi connectivity index (χ0) is 8.60. The van der Waals surface area contributed by atoms with Gasteiger partial charge >= 0.3 is 0 Å². The second kappa shape index (κ2) is 2.57. The summed E-state index contributed by atoms with van der Waals surface area (Å²) in [4.78, 5) is 13.8. The highest BCUT2D eigenvalue weighted by Crippen LogP contribution is 2.49. The highest BCUT2D eigenvalue weighted by Gasteiger charge is 2.47. The van der Waals surface area contributed by atoms with Gasteiger partial charge in [0.15, 0.2) is 4.67 Å². The third kappa shape index (κ3) is 1.13. The monoisotopic (exact) mass is 227 g/mol. The van der Waals surface area contributed by atoms with E-state index in [0.29, 0.717) is 4.67 Å². The Bertz CT molecular complexity index is 348. The first kappa shape index (κ1) is 7.77. The van der Waals surface area contributed by atoms with Crippen LogP contribution in [0, 0.1) is 0 Å². The zero-order valence-corrected chi connectivity index (χ0v) is 7.80. The van der Waals surface area contributed by atoms with E-state index >= 15 is 0 Å². The van der Waals surface area contributed by atoms with Crippen LogP contribution < -0.4 is 0 Å². The van der Waals surface area contributed by atoms with E-state index in [4.69, 9.17) is 4.42 Å². The van der Waals surface area contributed by atoms with Crippen LogP contribution in [0.1, 0.15) is 18.6 Å². The molecule has 0 saturated heterocycles. The van der Waals surface area contributed by atoms with E-state index in [1.54, 1.807) is 12.1 Å². The maximum absolute atomic E-state index is 10.1. The Labute approximate surface area is 77.6 Å². The van der Waals surface area contributed by atoms with Crippen molar-refractivity contribution in [3.63, 3.8) is 0 Å². The molecule has 0 radical (unpaired) electrons. The molecule has 0 aromatic carbocycles. The molecule has 1 aromatic heterocycles. The lowest BCUT2D eigenvalue weighted by atomic mass is 10.2. The van der Waals surface area contributed by atoms with Crippen molar-refractivity contribution >= 4 is 22.0 Å². The van der Waals surface area contributed by atoms with E-state index < -0.39 is 0 Å². The quantitative estimate of drug-likeness (QED) is 0.576. The van der Waals surface area contributed by atoms with Crippen molar-refractivity contribution in [2.24, 2.45) is 4.99 Å². The molecular weight excluding hydrogens is 222 g/mol. The van der Waals surface area contributed by atoms with Crippen molar-refractivity contribution in [2.45, 2.75) is 18.4 Å². The summed E-state index contributed by atoms with van der Waals surface area (Å²) in [5.41, 5.74) is -0.381. The minimum atomic E-state index is -0.381. The van der Waals surface area contributed by atoms with Crippen LogP contribution in [0.3, 0.4) is 0 Å². The molecule has 1 fully saturated rings. The number of carbonyl (C=O) groups excluding carboxylic acids is 1. The van der Waals surface area contributed by atoms with Gasteiger partial charge in [0, 0.05) is 0 Å². The Morgan fingerprint density at radius 3 is 2.75 bits per heavy atom. The van der Waals surface area contributed by atoms with Crippen molar-refractivity contribution in [1.29, 1.82) is 0 Å². The number of hydrogen-bond donors (Lipinski definition) is 0. The van der Waals surface area contributed by atoms with E-state index in [9.17, 15) is 4.79 Å². The largest absolute Gasteiger partial charge is 0.452 e. The molecule has 0 spiro atoms. The average Bonchev–Trinajstić information content (AvgIpc) is 2.69. The number of nitrogens with zero attached hydrogens (tertiary/aromatic N) is 1. The number of furan rings is 1. The third-order valence-corrected chi connectivity index (χ3v) is 2.44. The Kier molecular flexibility index (Phi) is 1.67. The lowest BCUT2D eigenvalue weighted by Crippen LogP contribution is -1.99. The summed E-state index contributed by atoms with van der Waals surface area (Å²) in [7, 11) is 0. The fraction of sp³-hybridized carbons (Fsp3) is 0.375. The minimum absolute atomic E-state index is 0.381. The summed E-state index contributed by atoms with van der Waals surface area (Å²) in [6, 6.07) is 3.63. The molecule has 1 heterocycles. The fourth-order valence-electron chi connectivity index (χ4n) is 1.18. The van der Waals surface area contributed by atoms with Gasteiger partial charge in [-0.2, -0.15) is 4.99 Å². The van der Waals surface area contributed by atoms with Crippen LogP contribution in [0.25, 0.3) is 0 Å². The van der Waals surface area contributed by atoms with E-state index in [1.165, 1.54) is 0 Å². The number of hydrogen-bond acceptors (Lipinski definition) is 3. The van der Waals surface area contributed by atoms with Crippen LogP contribution in [0.2, 0.25) is 0 Å². The molecule has 0 atom stereocenters. The number of aliphatic imine (C=N–C) groups is 1. The molecule has 62 valence electrons. The highest BCUT2D eigenvalue weighted by molar-refractivity contribution is 9.10. The average molecular weight is 228 g/mol. The van der Waals surface area contributed by atoms with Gasteiger partial charge in [-0.1, -0.05) is 0 Å². The highest BCUT2D eigenvalue weighted by atomic mass is 79.9. The molecule has 1 aliphatic carbocycles. The van der Waals surface area contributed by atoms with Crippen LogP contribution in [0.4, 0.5) is 0 Å². The SMILES string of the molecule is O=C=NC1(c2ccc(Br)o2)CC1. The topological polar surface area (TPSA) is 42.6 Å². The van der Waals surface area contributed by atoms with E-state index in [1.807, 2.05) is 6.07 Å². The van der Waals surface area contributed by atoms with E-state index in [2.05, 4.69) is 20.9 Å². The summed E-state index contributed by atoms with van der Waals surface area (Å²) in [5.74, 6) is 0.748. The molecule has 1 aromatic rings. The van der Waals surface area contributed by atoms with Crippen molar-refractivity contribution in [2.75, 3.05) is 0 Å².